The van der Waals surface area contributed by atoms with E-state index in [2.05, 4.69) is 5.32 Å². The van der Waals surface area contributed by atoms with Crippen LogP contribution >= 0.6 is 0 Å². The van der Waals surface area contributed by atoms with E-state index in [0.717, 1.165) is 0 Å². The number of amides is 1. The summed E-state index contributed by atoms with van der Waals surface area (Å²) >= 11 is 0. The van der Waals surface area contributed by atoms with Crippen molar-refractivity contribution in [3.63, 3.8) is 0 Å². The molecule has 7 nitrogen and oxygen atoms in total. The fourth-order valence-corrected chi connectivity index (χ4v) is 3.86. The topological polar surface area (TPSA) is 103 Å². The number of carbonyl (C=O) groups is 2. The van der Waals surface area contributed by atoms with Gasteiger partial charge in [0.05, 0.1) is 22.9 Å². The summed E-state index contributed by atoms with van der Waals surface area (Å²) < 4.78 is 35.3. The van der Waals surface area contributed by atoms with Crippen molar-refractivity contribution < 1.29 is 27.2 Å². The Kier molecular flexibility index (Phi) is 6.13. The maximum Gasteiger partial charge on any atom is 0.374 e. The first-order valence-corrected chi connectivity index (χ1v) is 10.3. The van der Waals surface area contributed by atoms with Crippen molar-refractivity contribution in [1.29, 1.82) is 0 Å². The van der Waals surface area contributed by atoms with Crippen LogP contribution in [-0.2, 0) is 21.1 Å². The molecule has 1 amide bonds. The van der Waals surface area contributed by atoms with Gasteiger partial charge in [-0.25, -0.2) is 13.2 Å². The highest BCUT2D eigenvalue weighted by atomic mass is 32.2. The Balaban J connectivity index is 1.65. The average Bonchev–Trinajstić information content (AvgIpc) is 3.22. The summed E-state index contributed by atoms with van der Waals surface area (Å²) in [6.45, 7) is 2.00. The van der Waals surface area contributed by atoms with E-state index >= 15 is 0 Å². The Labute approximate surface area is 168 Å². The van der Waals surface area contributed by atoms with Gasteiger partial charge < -0.3 is 14.5 Å². The number of ether oxygens (including phenoxy) is 1. The van der Waals surface area contributed by atoms with Gasteiger partial charge in [0.2, 0.25) is 15.6 Å². The van der Waals surface area contributed by atoms with E-state index in [0.29, 0.717) is 11.3 Å². The molecule has 0 fully saturated rings. The lowest BCUT2D eigenvalue weighted by Gasteiger charge is -2.07. The zero-order chi connectivity index (χ0) is 20.9. The molecule has 29 heavy (non-hydrogen) atoms. The number of sulfone groups is 1. The number of carbonyl (C=O) groups excluding carboxylic acids is 2. The van der Waals surface area contributed by atoms with Crippen LogP contribution in [0.15, 0.2) is 80.9 Å². The van der Waals surface area contributed by atoms with Gasteiger partial charge in [-0.15, -0.1) is 0 Å². The van der Waals surface area contributed by atoms with Gasteiger partial charge in [-0.05, 0) is 55.5 Å². The molecule has 1 heterocycles. The molecule has 0 atom stereocenters. The van der Waals surface area contributed by atoms with Crippen molar-refractivity contribution in [1.82, 2.24) is 5.32 Å². The fourth-order valence-electron chi connectivity index (χ4n) is 2.58. The molecule has 0 bridgehead atoms. The summed E-state index contributed by atoms with van der Waals surface area (Å²) in [6.07, 6.45) is 0. The van der Waals surface area contributed by atoms with Crippen LogP contribution in [0.1, 0.15) is 33.6 Å². The van der Waals surface area contributed by atoms with Gasteiger partial charge in [-0.1, -0.05) is 18.2 Å². The van der Waals surface area contributed by atoms with Gasteiger partial charge in [-0.2, -0.15) is 0 Å². The van der Waals surface area contributed by atoms with Gasteiger partial charge in [0.1, 0.15) is 5.76 Å². The normalized spacial score (nSPS) is 11.1. The molecule has 0 aliphatic heterocycles. The van der Waals surface area contributed by atoms with Crippen molar-refractivity contribution in [2.75, 3.05) is 6.61 Å². The molecule has 3 aromatic rings. The maximum absolute atomic E-state index is 12.6. The van der Waals surface area contributed by atoms with E-state index in [9.17, 15) is 18.0 Å². The van der Waals surface area contributed by atoms with E-state index in [1.54, 1.807) is 31.2 Å². The maximum atomic E-state index is 12.6. The molecule has 1 aromatic heterocycles. The first-order chi connectivity index (χ1) is 13.9. The third-order valence-corrected chi connectivity index (χ3v) is 5.83. The van der Waals surface area contributed by atoms with Crippen LogP contribution in [0.4, 0.5) is 0 Å². The molecular formula is C21H19NO6S. The molecule has 0 unspecified atom stereocenters. The zero-order valence-corrected chi connectivity index (χ0v) is 16.4. The smallest absolute Gasteiger partial charge is 0.374 e. The van der Waals surface area contributed by atoms with Gasteiger partial charge in [0.25, 0.3) is 5.91 Å². The molecule has 3 rings (SSSR count). The predicted molar refractivity (Wildman–Crippen MR) is 104 cm³/mol. The van der Waals surface area contributed by atoms with Crippen LogP contribution in [0.3, 0.4) is 0 Å². The molecule has 0 radical (unpaired) electrons. The van der Waals surface area contributed by atoms with Crippen LogP contribution in [0.2, 0.25) is 0 Å². The number of hydrogen-bond donors (Lipinski definition) is 1. The minimum atomic E-state index is -3.64. The molecule has 150 valence electrons. The lowest BCUT2D eigenvalue weighted by atomic mass is 10.2. The van der Waals surface area contributed by atoms with Crippen LogP contribution in [0.25, 0.3) is 0 Å². The van der Waals surface area contributed by atoms with Crippen LogP contribution in [-0.4, -0.2) is 26.9 Å². The largest absolute Gasteiger partial charge is 0.460 e. The van der Waals surface area contributed by atoms with E-state index in [1.165, 1.54) is 42.5 Å². The standard InChI is InChI=1S/C21H19NO6S/c1-2-27-21(24)19-13-10-16(28-19)14-22-20(23)15-8-11-18(12-9-15)29(25,26)17-6-4-3-5-7-17/h3-13H,2,14H2,1H3,(H,22,23). The monoisotopic (exact) mass is 413 g/mol. The summed E-state index contributed by atoms with van der Waals surface area (Å²) in [5, 5.41) is 2.66. The van der Waals surface area contributed by atoms with Crippen molar-refractivity contribution in [3.8, 4) is 0 Å². The third-order valence-electron chi connectivity index (χ3n) is 4.04. The minimum absolute atomic E-state index is 0.0616. The Morgan fingerprint density at radius 1 is 0.931 bits per heavy atom. The summed E-state index contributed by atoms with van der Waals surface area (Å²) in [6, 6.07) is 16.8. The van der Waals surface area contributed by atoms with Crippen LogP contribution in [0.5, 0.6) is 0 Å². The van der Waals surface area contributed by atoms with Crippen LogP contribution in [0, 0.1) is 0 Å². The number of hydrogen-bond acceptors (Lipinski definition) is 6. The summed E-state index contributed by atoms with van der Waals surface area (Å²) in [5.41, 5.74) is 0.300. The molecule has 2 aromatic carbocycles. The van der Waals surface area contributed by atoms with E-state index < -0.39 is 21.7 Å². The van der Waals surface area contributed by atoms with Gasteiger partial charge >= 0.3 is 5.97 Å². The van der Waals surface area contributed by atoms with Crippen molar-refractivity contribution in [2.24, 2.45) is 0 Å². The molecule has 1 N–H and O–H groups in total. The SMILES string of the molecule is CCOC(=O)c1ccc(CNC(=O)c2ccc(S(=O)(=O)c3ccccc3)cc2)o1. The molecule has 8 heteroatoms. The predicted octanol–water partition coefficient (Wildman–Crippen LogP) is 3.22. The first kappa shape index (κ1) is 20.3. The second-order valence-corrected chi connectivity index (χ2v) is 7.96. The minimum Gasteiger partial charge on any atom is -0.460 e. The van der Waals surface area contributed by atoms with Crippen molar-refractivity contribution >= 4 is 21.7 Å². The molecule has 0 saturated heterocycles. The van der Waals surface area contributed by atoms with Gasteiger partial charge in [0.15, 0.2) is 0 Å². The highest BCUT2D eigenvalue weighted by molar-refractivity contribution is 7.91. The Morgan fingerprint density at radius 3 is 2.24 bits per heavy atom. The number of furan rings is 1. The highest BCUT2D eigenvalue weighted by Crippen LogP contribution is 2.20. The fraction of sp³-hybridized carbons (Fsp3) is 0.143. The van der Waals surface area contributed by atoms with E-state index in [1.807, 2.05) is 0 Å². The first-order valence-electron chi connectivity index (χ1n) is 8.86. The van der Waals surface area contributed by atoms with Gasteiger partial charge in [0, 0.05) is 5.56 Å². The second kappa shape index (κ2) is 8.74. The number of nitrogens with one attached hydrogen (secondary N) is 1. The van der Waals surface area contributed by atoms with Crippen molar-refractivity contribution in [3.05, 3.63) is 83.8 Å². The molecule has 0 saturated carbocycles. The van der Waals surface area contributed by atoms with Crippen LogP contribution < -0.4 is 5.32 Å². The summed E-state index contributed by atoms with van der Waals surface area (Å²) in [4.78, 5) is 24.2. The van der Waals surface area contributed by atoms with E-state index in [-0.39, 0.29) is 28.7 Å². The lowest BCUT2D eigenvalue weighted by molar-refractivity contribution is 0.0488. The number of benzene rings is 2. The molecular weight excluding hydrogens is 394 g/mol. The van der Waals surface area contributed by atoms with Crippen molar-refractivity contribution in [2.45, 2.75) is 23.3 Å². The lowest BCUT2D eigenvalue weighted by Crippen LogP contribution is -2.22. The molecule has 0 aliphatic rings. The Hall–Kier alpha value is -3.39. The molecule has 0 aliphatic carbocycles. The summed E-state index contributed by atoms with van der Waals surface area (Å²) in [5.74, 6) is -0.515. The molecule has 0 spiro atoms. The quantitative estimate of drug-likeness (QED) is 0.597. The second-order valence-electron chi connectivity index (χ2n) is 6.01. The Morgan fingerprint density at radius 2 is 1.59 bits per heavy atom. The average molecular weight is 413 g/mol. The third kappa shape index (κ3) is 4.72. The number of rotatable bonds is 7. The van der Waals surface area contributed by atoms with Gasteiger partial charge in [-0.3, -0.25) is 4.79 Å². The number of esters is 1. The highest BCUT2D eigenvalue weighted by Gasteiger charge is 2.18. The Bertz CT molecular complexity index is 1100. The zero-order valence-electron chi connectivity index (χ0n) is 15.6. The van der Waals surface area contributed by atoms with E-state index in [4.69, 9.17) is 9.15 Å². The summed E-state index contributed by atoms with van der Waals surface area (Å²) in [7, 11) is -3.64.